The molecule has 3 rings (SSSR count). The number of sulfonamides is 1. The number of hydrogen-bond acceptors (Lipinski definition) is 6. The third-order valence-electron chi connectivity index (χ3n) is 3.24. The fourth-order valence-electron chi connectivity index (χ4n) is 2.05. The topological polar surface area (TPSA) is 94.3 Å². The molecule has 0 amide bonds. The predicted molar refractivity (Wildman–Crippen MR) is 96.9 cm³/mol. The molecule has 0 atom stereocenters. The van der Waals surface area contributed by atoms with Gasteiger partial charge in [-0.1, -0.05) is 23.2 Å². The number of rotatable bonds is 7. The fourth-order valence-corrected chi connectivity index (χ4v) is 3.82. The van der Waals surface area contributed by atoms with Crippen LogP contribution >= 0.6 is 23.2 Å². The van der Waals surface area contributed by atoms with Crippen molar-refractivity contribution >= 4 is 33.2 Å². The maximum atomic E-state index is 12.2. The van der Waals surface area contributed by atoms with Crippen LogP contribution in [0.3, 0.4) is 0 Å². The van der Waals surface area contributed by atoms with Crippen molar-refractivity contribution in [2.75, 3.05) is 13.2 Å². The molecule has 2 aromatic heterocycles. The van der Waals surface area contributed by atoms with Crippen LogP contribution in [0.15, 0.2) is 58.0 Å². The Morgan fingerprint density at radius 1 is 1.12 bits per heavy atom. The maximum Gasteiger partial charge on any atom is 0.242 e. The van der Waals surface area contributed by atoms with Crippen molar-refractivity contribution in [1.82, 2.24) is 14.9 Å². The quantitative estimate of drug-likeness (QED) is 0.596. The molecule has 7 nitrogen and oxygen atoms in total. The second-order valence-corrected chi connectivity index (χ2v) is 7.63. The first-order chi connectivity index (χ1) is 12.5. The van der Waals surface area contributed by atoms with Crippen LogP contribution in [0.1, 0.15) is 0 Å². The first-order valence-corrected chi connectivity index (χ1v) is 9.65. The molecule has 1 aromatic carbocycles. The fraction of sp³-hybridized carbons (Fsp3) is 0.125. The highest BCUT2D eigenvalue weighted by atomic mass is 35.5. The van der Waals surface area contributed by atoms with Crippen molar-refractivity contribution in [2.45, 2.75) is 4.90 Å². The Hall–Kier alpha value is -2.13. The summed E-state index contributed by atoms with van der Waals surface area (Å²) < 4.78 is 37.5. The normalized spacial score (nSPS) is 11.5. The number of benzene rings is 1. The average molecular weight is 414 g/mol. The second kappa shape index (κ2) is 8.05. The average Bonchev–Trinajstić information content (AvgIpc) is 3.16. The Bertz CT molecular complexity index is 977. The Kier molecular flexibility index (Phi) is 5.77. The van der Waals surface area contributed by atoms with E-state index in [1.54, 1.807) is 30.5 Å². The molecule has 3 aromatic rings. The van der Waals surface area contributed by atoms with Crippen LogP contribution in [0.2, 0.25) is 10.0 Å². The monoisotopic (exact) mass is 413 g/mol. The van der Waals surface area contributed by atoms with Crippen LogP contribution in [-0.4, -0.2) is 31.8 Å². The third kappa shape index (κ3) is 4.53. The van der Waals surface area contributed by atoms with Gasteiger partial charge in [0, 0.05) is 17.6 Å². The van der Waals surface area contributed by atoms with Crippen molar-refractivity contribution in [3.8, 4) is 17.3 Å². The number of nitrogens with zero attached hydrogens (tertiary/aromatic N) is 2. The molecule has 0 aliphatic rings. The van der Waals surface area contributed by atoms with E-state index in [1.807, 2.05) is 0 Å². The van der Waals surface area contributed by atoms with E-state index in [0.29, 0.717) is 11.5 Å². The molecule has 0 unspecified atom stereocenters. The summed E-state index contributed by atoms with van der Waals surface area (Å²) in [6.45, 7) is 0.0823. The molecular weight excluding hydrogens is 401 g/mol. The van der Waals surface area contributed by atoms with Crippen molar-refractivity contribution < 1.29 is 17.6 Å². The van der Waals surface area contributed by atoms with Crippen LogP contribution in [0.5, 0.6) is 5.88 Å². The van der Waals surface area contributed by atoms with Crippen LogP contribution < -0.4 is 9.46 Å². The molecule has 136 valence electrons. The number of furan rings is 1. The molecule has 26 heavy (non-hydrogen) atoms. The van der Waals surface area contributed by atoms with Gasteiger partial charge in [-0.15, -0.1) is 10.2 Å². The molecule has 10 heteroatoms. The van der Waals surface area contributed by atoms with Gasteiger partial charge in [0.25, 0.3) is 0 Å². The lowest BCUT2D eigenvalue weighted by atomic mass is 10.3. The smallest absolute Gasteiger partial charge is 0.242 e. The van der Waals surface area contributed by atoms with Crippen molar-refractivity contribution in [3.05, 3.63) is 58.8 Å². The highest BCUT2D eigenvalue weighted by molar-refractivity contribution is 7.89. The molecular formula is C16H13Cl2N3O4S. The van der Waals surface area contributed by atoms with E-state index in [4.69, 9.17) is 32.4 Å². The zero-order valence-corrected chi connectivity index (χ0v) is 15.6. The lowest BCUT2D eigenvalue weighted by Crippen LogP contribution is -2.28. The summed E-state index contributed by atoms with van der Waals surface area (Å²) in [7, 11) is -3.80. The minimum Gasteiger partial charge on any atom is -0.475 e. The lowest BCUT2D eigenvalue weighted by molar-refractivity contribution is 0.307. The standard InChI is InChI=1S/C16H13Cl2N3O4S/c17-11-3-4-12(18)15(10-11)26(22,23)19-7-9-25-16-6-5-13(20-21-16)14-2-1-8-24-14/h1-6,8,10,19H,7,9H2. The van der Waals surface area contributed by atoms with Gasteiger partial charge in [-0.2, -0.15) is 0 Å². The summed E-state index contributed by atoms with van der Waals surface area (Å²) in [5, 5.41) is 8.24. The van der Waals surface area contributed by atoms with Gasteiger partial charge in [0.1, 0.15) is 17.2 Å². The minimum absolute atomic E-state index is 0.0206. The van der Waals surface area contributed by atoms with Gasteiger partial charge >= 0.3 is 0 Å². The van der Waals surface area contributed by atoms with Crippen LogP contribution in [0.4, 0.5) is 0 Å². The molecule has 0 aliphatic heterocycles. The van der Waals surface area contributed by atoms with Crippen LogP contribution in [0, 0.1) is 0 Å². The lowest BCUT2D eigenvalue weighted by Gasteiger charge is -2.09. The third-order valence-corrected chi connectivity index (χ3v) is 5.42. The van der Waals surface area contributed by atoms with Crippen LogP contribution in [-0.2, 0) is 10.0 Å². The Labute approximate surface area is 160 Å². The largest absolute Gasteiger partial charge is 0.475 e. The molecule has 0 bridgehead atoms. The van der Waals surface area contributed by atoms with E-state index in [-0.39, 0.29) is 34.0 Å². The summed E-state index contributed by atoms with van der Waals surface area (Å²) in [4.78, 5) is -0.0886. The van der Waals surface area contributed by atoms with E-state index in [0.717, 1.165) is 0 Å². The van der Waals surface area contributed by atoms with Crippen molar-refractivity contribution in [2.24, 2.45) is 0 Å². The maximum absolute atomic E-state index is 12.2. The highest BCUT2D eigenvalue weighted by Gasteiger charge is 2.18. The molecule has 0 saturated carbocycles. The van der Waals surface area contributed by atoms with Gasteiger partial charge in [-0.3, -0.25) is 0 Å². The van der Waals surface area contributed by atoms with Gasteiger partial charge in [-0.25, -0.2) is 13.1 Å². The van der Waals surface area contributed by atoms with E-state index in [9.17, 15) is 8.42 Å². The SMILES string of the molecule is O=S(=O)(NCCOc1ccc(-c2ccco2)nn1)c1cc(Cl)ccc1Cl. The van der Waals surface area contributed by atoms with Crippen molar-refractivity contribution in [1.29, 1.82) is 0 Å². The van der Waals surface area contributed by atoms with Crippen LogP contribution in [0.25, 0.3) is 11.5 Å². The molecule has 0 radical (unpaired) electrons. The number of halogens is 2. The van der Waals surface area contributed by atoms with Gasteiger partial charge in [0.2, 0.25) is 15.9 Å². The summed E-state index contributed by atoms with van der Waals surface area (Å²) in [5.74, 6) is 0.857. The zero-order chi connectivity index (χ0) is 18.6. The van der Waals surface area contributed by atoms with Gasteiger partial charge in [0.15, 0.2) is 5.76 Å². The summed E-state index contributed by atoms with van der Waals surface area (Å²) in [6, 6.07) is 11.0. The zero-order valence-electron chi connectivity index (χ0n) is 13.2. The molecule has 2 heterocycles. The van der Waals surface area contributed by atoms with E-state index in [1.165, 1.54) is 18.2 Å². The van der Waals surface area contributed by atoms with E-state index in [2.05, 4.69) is 14.9 Å². The molecule has 0 saturated heterocycles. The number of hydrogen-bond donors (Lipinski definition) is 1. The highest BCUT2D eigenvalue weighted by Crippen LogP contribution is 2.24. The molecule has 0 spiro atoms. The Morgan fingerprint density at radius 3 is 2.65 bits per heavy atom. The van der Waals surface area contributed by atoms with Gasteiger partial charge in [-0.05, 0) is 36.4 Å². The summed E-state index contributed by atoms with van der Waals surface area (Å²) >= 11 is 11.7. The Morgan fingerprint density at radius 2 is 1.96 bits per heavy atom. The summed E-state index contributed by atoms with van der Waals surface area (Å²) in [5.41, 5.74) is 0.568. The first-order valence-electron chi connectivity index (χ1n) is 7.41. The number of ether oxygens (including phenoxy) is 1. The molecule has 0 fully saturated rings. The Balaban J connectivity index is 1.54. The first kappa shape index (κ1) is 18.7. The number of aromatic nitrogens is 2. The van der Waals surface area contributed by atoms with E-state index >= 15 is 0 Å². The van der Waals surface area contributed by atoms with Gasteiger partial charge in [0.05, 0.1) is 11.3 Å². The minimum atomic E-state index is -3.80. The summed E-state index contributed by atoms with van der Waals surface area (Å²) in [6.07, 6.45) is 1.54. The van der Waals surface area contributed by atoms with Crippen molar-refractivity contribution in [3.63, 3.8) is 0 Å². The number of nitrogens with one attached hydrogen (secondary N) is 1. The molecule has 0 aliphatic carbocycles. The second-order valence-electron chi connectivity index (χ2n) is 5.06. The predicted octanol–water partition coefficient (Wildman–Crippen LogP) is 3.40. The van der Waals surface area contributed by atoms with E-state index < -0.39 is 10.0 Å². The van der Waals surface area contributed by atoms with Gasteiger partial charge < -0.3 is 9.15 Å². The molecule has 1 N–H and O–H groups in total.